The van der Waals surface area contributed by atoms with Crippen molar-refractivity contribution in [1.82, 2.24) is 29.6 Å². The number of alkyl halides is 2. The van der Waals surface area contributed by atoms with E-state index in [0.717, 1.165) is 11.8 Å². The predicted octanol–water partition coefficient (Wildman–Crippen LogP) is 4.46. The number of nitrogens with one attached hydrogen (secondary N) is 1. The lowest BCUT2D eigenvalue weighted by atomic mass is 9.87. The molecule has 3 aromatic heterocycles. The Morgan fingerprint density at radius 3 is 2.74 bits per heavy atom. The molecule has 1 amide bonds. The van der Waals surface area contributed by atoms with Crippen LogP contribution in [0.1, 0.15) is 62.2 Å². The van der Waals surface area contributed by atoms with Crippen LogP contribution in [0.5, 0.6) is 5.88 Å². The molecule has 0 bridgehead atoms. The van der Waals surface area contributed by atoms with Crippen molar-refractivity contribution in [2.24, 2.45) is 0 Å². The highest BCUT2D eigenvalue weighted by molar-refractivity contribution is 5.83. The van der Waals surface area contributed by atoms with Crippen LogP contribution in [0.3, 0.4) is 0 Å². The highest BCUT2D eigenvalue weighted by Crippen LogP contribution is 2.39. The van der Waals surface area contributed by atoms with Gasteiger partial charge in [0.05, 0.1) is 30.5 Å². The first-order valence-corrected chi connectivity index (χ1v) is 13.0. The summed E-state index contributed by atoms with van der Waals surface area (Å²) in [5.74, 6) is -3.57. The zero-order valence-electron chi connectivity index (χ0n) is 22.7. The van der Waals surface area contributed by atoms with Gasteiger partial charge < -0.3 is 15.0 Å². The Morgan fingerprint density at radius 1 is 1.28 bits per heavy atom. The normalized spacial score (nSPS) is 20.1. The smallest absolute Gasteiger partial charge is 0.308 e. The Morgan fingerprint density at radius 2 is 2.05 bits per heavy atom. The van der Waals surface area contributed by atoms with E-state index < -0.39 is 23.2 Å². The summed E-state index contributed by atoms with van der Waals surface area (Å²) >= 11 is 0. The van der Waals surface area contributed by atoms with Crippen LogP contribution in [-0.4, -0.2) is 61.3 Å². The van der Waals surface area contributed by atoms with Gasteiger partial charge in [-0.1, -0.05) is 0 Å². The fourth-order valence-electron chi connectivity index (χ4n) is 5.34. The summed E-state index contributed by atoms with van der Waals surface area (Å²) < 4.78 is 49.1. The number of aryl methyl sites for hydroxylation is 3. The molecule has 0 fully saturated rings. The van der Waals surface area contributed by atoms with E-state index >= 15 is 0 Å². The van der Waals surface area contributed by atoms with Gasteiger partial charge in [-0.05, 0) is 52.2 Å². The molecule has 1 N–H and O–H groups in total. The number of carbonyl (C=O) groups excluding carboxylic acids is 1. The van der Waals surface area contributed by atoms with Crippen LogP contribution >= 0.6 is 0 Å². The van der Waals surface area contributed by atoms with Crippen LogP contribution in [-0.2, 0) is 23.7 Å². The van der Waals surface area contributed by atoms with Gasteiger partial charge in [-0.15, -0.1) is 0 Å². The largest absolute Gasteiger partial charge is 0.481 e. The van der Waals surface area contributed by atoms with Gasteiger partial charge >= 0.3 is 5.92 Å². The summed E-state index contributed by atoms with van der Waals surface area (Å²) in [6.07, 6.45) is 2.15. The molecule has 3 aromatic rings. The van der Waals surface area contributed by atoms with E-state index in [1.807, 2.05) is 19.9 Å². The second-order valence-electron chi connectivity index (χ2n) is 10.6. The van der Waals surface area contributed by atoms with Crippen LogP contribution < -0.4 is 10.1 Å². The number of hydrogen-bond acceptors (Lipinski definition) is 7. The second-order valence-corrected chi connectivity index (χ2v) is 10.6. The number of hydrogen-bond donors (Lipinski definition) is 1. The number of halogens is 3. The maximum atomic E-state index is 14.5. The third kappa shape index (κ3) is 4.92. The van der Waals surface area contributed by atoms with Crippen molar-refractivity contribution in [2.45, 2.75) is 70.9 Å². The highest BCUT2D eigenvalue weighted by atomic mass is 19.3. The average molecular weight is 544 g/mol. The van der Waals surface area contributed by atoms with Gasteiger partial charge in [-0.25, -0.2) is 24.0 Å². The van der Waals surface area contributed by atoms with Crippen molar-refractivity contribution in [1.29, 1.82) is 0 Å². The van der Waals surface area contributed by atoms with Crippen LogP contribution in [0.4, 0.5) is 19.0 Å². The van der Waals surface area contributed by atoms with Gasteiger partial charge in [0.2, 0.25) is 11.8 Å². The van der Waals surface area contributed by atoms with Crippen molar-refractivity contribution in [3.05, 3.63) is 46.8 Å². The summed E-state index contributed by atoms with van der Waals surface area (Å²) in [5, 5.41) is 7.80. The Labute approximate surface area is 224 Å². The molecule has 9 nitrogen and oxygen atoms in total. The minimum absolute atomic E-state index is 0.138. The van der Waals surface area contributed by atoms with Gasteiger partial charge in [-0.3, -0.25) is 4.79 Å². The first-order valence-electron chi connectivity index (χ1n) is 13.0. The van der Waals surface area contributed by atoms with Crippen LogP contribution in [0.25, 0.3) is 11.4 Å². The SMILES string of the molecule is CCN(C[C@@]1(C)CCc2cc(-c3nc4n(n3)CCC4(F)F)c(C)nc2N1)C(=O)[C@H](C)c1cc(OC)ncc1F. The van der Waals surface area contributed by atoms with Crippen LogP contribution in [0.15, 0.2) is 18.3 Å². The van der Waals surface area contributed by atoms with Gasteiger partial charge in [0.1, 0.15) is 11.6 Å². The number of nitrogens with zero attached hydrogens (tertiary/aromatic N) is 6. The van der Waals surface area contributed by atoms with E-state index in [4.69, 9.17) is 9.72 Å². The fraction of sp³-hybridized carbons (Fsp3) is 0.519. The molecule has 5 rings (SSSR count). The van der Waals surface area contributed by atoms with Crippen LogP contribution in [0.2, 0.25) is 0 Å². The molecule has 2 aliphatic rings. The molecule has 5 heterocycles. The molecule has 0 saturated heterocycles. The average Bonchev–Trinajstić information content (AvgIpc) is 3.46. The number of carbonyl (C=O) groups is 1. The summed E-state index contributed by atoms with van der Waals surface area (Å²) in [4.78, 5) is 27.9. The van der Waals surface area contributed by atoms with Gasteiger partial charge in [0, 0.05) is 43.2 Å². The van der Waals surface area contributed by atoms with E-state index in [2.05, 4.69) is 20.4 Å². The topological polar surface area (TPSA) is 98.1 Å². The Kier molecular flexibility index (Phi) is 6.76. The van der Waals surface area contributed by atoms with Crippen molar-refractivity contribution < 1.29 is 22.7 Å². The molecular weight excluding hydrogens is 511 g/mol. The van der Waals surface area contributed by atoms with Crippen molar-refractivity contribution in [2.75, 3.05) is 25.5 Å². The number of anilines is 1. The Balaban J connectivity index is 1.34. The third-order valence-corrected chi connectivity index (χ3v) is 7.67. The summed E-state index contributed by atoms with van der Waals surface area (Å²) in [7, 11) is 1.44. The molecule has 0 spiro atoms. The first kappa shape index (κ1) is 26.9. The zero-order chi connectivity index (χ0) is 28.1. The maximum Gasteiger partial charge on any atom is 0.308 e. The van der Waals surface area contributed by atoms with E-state index in [1.54, 1.807) is 18.7 Å². The number of ether oxygens (including phenoxy) is 1. The maximum absolute atomic E-state index is 14.5. The van der Waals surface area contributed by atoms with Gasteiger partial charge in [-0.2, -0.15) is 13.9 Å². The lowest BCUT2D eigenvalue weighted by Gasteiger charge is -2.40. The lowest BCUT2D eigenvalue weighted by Crippen LogP contribution is -2.51. The first-order chi connectivity index (χ1) is 18.4. The number of fused-ring (bicyclic) bond motifs is 2. The van der Waals surface area contributed by atoms with E-state index in [1.165, 1.54) is 17.9 Å². The summed E-state index contributed by atoms with van der Waals surface area (Å²) in [6.45, 7) is 8.38. The highest BCUT2D eigenvalue weighted by Gasteiger charge is 2.43. The minimum Gasteiger partial charge on any atom is -0.481 e. The molecule has 208 valence electrons. The molecule has 0 unspecified atom stereocenters. The number of methoxy groups -OCH3 is 1. The molecular formula is C27H32F3N7O2. The third-order valence-electron chi connectivity index (χ3n) is 7.67. The van der Waals surface area contributed by atoms with Crippen LogP contribution in [0, 0.1) is 12.7 Å². The quantitative estimate of drug-likeness (QED) is 0.470. The van der Waals surface area contributed by atoms with E-state index in [-0.39, 0.29) is 42.0 Å². The fourth-order valence-corrected chi connectivity index (χ4v) is 5.34. The molecule has 0 radical (unpaired) electrons. The molecule has 0 saturated carbocycles. The summed E-state index contributed by atoms with van der Waals surface area (Å²) in [5.41, 5.74) is 1.94. The second kappa shape index (κ2) is 9.80. The summed E-state index contributed by atoms with van der Waals surface area (Å²) in [6, 6.07) is 3.37. The van der Waals surface area contributed by atoms with Gasteiger partial charge in [0.15, 0.2) is 11.6 Å². The standard InChI is InChI=1S/C27H32F3N7O2/c1-6-36(24(38)15(2)18-12-21(39-5)31-13-20(18)28)14-26(4)8-7-17-11-19(16(3)32-22(17)34-26)23-33-25-27(29,30)9-10-37(25)35-23/h11-13,15H,6-10,14H2,1-5H3,(H,32,34)/t15-,26-/m1/s1. The van der Waals surface area contributed by atoms with E-state index in [9.17, 15) is 18.0 Å². The van der Waals surface area contributed by atoms with Crippen molar-refractivity contribution in [3.63, 3.8) is 0 Å². The van der Waals surface area contributed by atoms with Crippen molar-refractivity contribution >= 4 is 11.7 Å². The molecule has 12 heteroatoms. The van der Waals surface area contributed by atoms with Gasteiger partial charge in [0.25, 0.3) is 0 Å². The Bertz CT molecular complexity index is 1430. The molecule has 2 atom stereocenters. The number of rotatable bonds is 7. The number of amides is 1. The molecule has 2 aliphatic heterocycles. The van der Waals surface area contributed by atoms with Crippen molar-refractivity contribution in [3.8, 4) is 17.3 Å². The molecule has 0 aliphatic carbocycles. The zero-order valence-corrected chi connectivity index (χ0v) is 22.7. The number of likely N-dealkylation sites (N-methyl/N-ethyl adjacent to an activating group) is 1. The molecule has 39 heavy (non-hydrogen) atoms. The predicted molar refractivity (Wildman–Crippen MR) is 138 cm³/mol. The van der Waals surface area contributed by atoms with E-state index in [0.29, 0.717) is 43.0 Å². The monoisotopic (exact) mass is 543 g/mol. The minimum atomic E-state index is -2.97. The number of aromatic nitrogens is 5. The lowest BCUT2D eigenvalue weighted by molar-refractivity contribution is -0.133. The Hall–Kier alpha value is -3.70. The number of pyridine rings is 2. The molecule has 0 aromatic carbocycles.